The maximum Gasteiger partial charge on any atom is 0.119 e. The molecule has 15 heavy (non-hydrogen) atoms. The minimum Gasteiger partial charge on any atom is -0.491 e. The van der Waals surface area contributed by atoms with E-state index in [2.05, 4.69) is 0 Å². The molecule has 3 heteroatoms. The molecule has 0 aliphatic heterocycles. The van der Waals surface area contributed by atoms with Crippen LogP contribution in [0.15, 0.2) is 30.3 Å². The van der Waals surface area contributed by atoms with E-state index in [0.717, 1.165) is 5.75 Å². The monoisotopic (exact) mass is 209 g/mol. The summed E-state index contributed by atoms with van der Waals surface area (Å²) in [6.07, 6.45) is 0. The minimum absolute atomic E-state index is 0.569. The maximum absolute atomic E-state index is 5.44. The summed E-state index contributed by atoms with van der Waals surface area (Å²) in [4.78, 5) is 0. The van der Waals surface area contributed by atoms with Crippen molar-refractivity contribution in [3.63, 3.8) is 0 Å². The van der Waals surface area contributed by atoms with Crippen LogP contribution in [0.5, 0.6) is 5.75 Å². The van der Waals surface area contributed by atoms with Crippen LogP contribution in [0, 0.1) is 6.61 Å². The van der Waals surface area contributed by atoms with E-state index in [-0.39, 0.29) is 0 Å². The molecule has 0 unspecified atom stereocenters. The lowest BCUT2D eigenvalue weighted by atomic mass is 10.3. The third-order valence-corrected chi connectivity index (χ3v) is 1.75. The fourth-order valence-electron chi connectivity index (χ4n) is 1.06. The van der Waals surface area contributed by atoms with Crippen LogP contribution in [0.2, 0.25) is 0 Å². The fraction of sp³-hybridized carbons (Fsp3) is 0.417. The molecule has 3 nitrogen and oxygen atoms in total. The Morgan fingerprint density at radius 2 is 1.73 bits per heavy atom. The molecular formula is C12H17O3. The zero-order valence-corrected chi connectivity index (χ0v) is 9.02. The smallest absolute Gasteiger partial charge is 0.119 e. The third-order valence-electron chi connectivity index (χ3n) is 1.75. The first kappa shape index (κ1) is 12.0. The van der Waals surface area contributed by atoms with Gasteiger partial charge in [0.2, 0.25) is 0 Å². The molecule has 0 aromatic heterocycles. The van der Waals surface area contributed by atoms with Crippen molar-refractivity contribution in [2.75, 3.05) is 26.4 Å². The normalized spacial score (nSPS) is 10.2. The van der Waals surface area contributed by atoms with Crippen molar-refractivity contribution in [1.29, 1.82) is 0 Å². The number of para-hydroxylation sites is 1. The van der Waals surface area contributed by atoms with Crippen molar-refractivity contribution >= 4 is 0 Å². The van der Waals surface area contributed by atoms with Gasteiger partial charge in [-0.2, -0.15) is 0 Å². The predicted octanol–water partition coefficient (Wildman–Crippen LogP) is 2.28. The molecule has 1 radical (unpaired) electrons. The first-order valence-electron chi connectivity index (χ1n) is 5.08. The molecule has 0 aliphatic rings. The second-order valence-electron chi connectivity index (χ2n) is 2.88. The topological polar surface area (TPSA) is 27.7 Å². The van der Waals surface area contributed by atoms with Crippen molar-refractivity contribution in [3.05, 3.63) is 36.9 Å². The quantitative estimate of drug-likeness (QED) is 0.615. The molecule has 0 saturated heterocycles. The molecule has 0 amide bonds. The predicted molar refractivity (Wildman–Crippen MR) is 58.7 cm³/mol. The summed E-state index contributed by atoms with van der Waals surface area (Å²) < 4.78 is 15.7. The van der Waals surface area contributed by atoms with Crippen LogP contribution >= 0.6 is 0 Å². The van der Waals surface area contributed by atoms with E-state index in [1.807, 2.05) is 37.3 Å². The first-order valence-corrected chi connectivity index (χ1v) is 5.08. The Morgan fingerprint density at radius 1 is 1.00 bits per heavy atom. The summed E-state index contributed by atoms with van der Waals surface area (Å²) >= 11 is 0. The molecule has 1 aromatic rings. The largest absolute Gasteiger partial charge is 0.491 e. The van der Waals surface area contributed by atoms with Gasteiger partial charge in [0.1, 0.15) is 12.4 Å². The molecule has 0 fully saturated rings. The van der Waals surface area contributed by atoms with Crippen LogP contribution in [0.25, 0.3) is 0 Å². The van der Waals surface area contributed by atoms with Crippen LogP contribution in [0.3, 0.4) is 0 Å². The van der Waals surface area contributed by atoms with Crippen LogP contribution in [-0.2, 0) is 9.47 Å². The summed E-state index contributed by atoms with van der Waals surface area (Å²) in [5, 5.41) is 0. The zero-order chi connectivity index (χ0) is 10.8. The van der Waals surface area contributed by atoms with Crippen LogP contribution in [0.4, 0.5) is 0 Å². The Bertz CT molecular complexity index is 236. The highest BCUT2D eigenvalue weighted by Crippen LogP contribution is 2.07. The summed E-state index contributed by atoms with van der Waals surface area (Å²) in [6, 6.07) is 9.70. The molecule has 0 N–H and O–H groups in total. The summed E-state index contributed by atoms with van der Waals surface area (Å²) in [5.41, 5.74) is 0. The summed E-state index contributed by atoms with van der Waals surface area (Å²) in [5.74, 6) is 0.874. The van der Waals surface area contributed by atoms with Crippen LogP contribution in [0.1, 0.15) is 6.92 Å². The van der Waals surface area contributed by atoms with Gasteiger partial charge in [0.15, 0.2) is 0 Å². The molecule has 0 atom stereocenters. The molecular weight excluding hydrogens is 192 g/mol. The molecule has 0 heterocycles. The average molecular weight is 209 g/mol. The molecule has 1 aromatic carbocycles. The van der Waals surface area contributed by atoms with Crippen molar-refractivity contribution < 1.29 is 14.2 Å². The highest BCUT2D eigenvalue weighted by molar-refractivity contribution is 5.20. The van der Waals surface area contributed by atoms with E-state index < -0.39 is 0 Å². The van der Waals surface area contributed by atoms with Crippen molar-refractivity contribution in [2.45, 2.75) is 6.92 Å². The Kier molecular flexibility index (Phi) is 6.62. The highest BCUT2D eigenvalue weighted by Gasteiger charge is 1.92. The number of hydrogen-bond acceptors (Lipinski definition) is 3. The number of ether oxygens (including phenoxy) is 3. The Balaban J connectivity index is 1.93. The fourth-order valence-corrected chi connectivity index (χ4v) is 1.06. The second kappa shape index (κ2) is 8.26. The number of benzene rings is 1. The Hall–Kier alpha value is -1.06. The molecule has 83 valence electrons. The van der Waals surface area contributed by atoms with E-state index in [9.17, 15) is 0 Å². The van der Waals surface area contributed by atoms with E-state index in [1.165, 1.54) is 0 Å². The van der Waals surface area contributed by atoms with E-state index >= 15 is 0 Å². The number of hydrogen-bond donors (Lipinski definition) is 0. The van der Waals surface area contributed by atoms with Gasteiger partial charge < -0.3 is 14.2 Å². The Morgan fingerprint density at radius 3 is 2.47 bits per heavy atom. The van der Waals surface area contributed by atoms with Gasteiger partial charge in [0, 0.05) is 0 Å². The third kappa shape index (κ3) is 6.10. The average Bonchev–Trinajstić information content (AvgIpc) is 2.29. The lowest BCUT2D eigenvalue weighted by molar-refractivity contribution is 0.0564. The van der Waals surface area contributed by atoms with Gasteiger partial charge >= 0.3 is 0 Å². The van der Waals surface area contributed by atoms with E-state index in [4.69, 9.17) is 14.2 Å². The van der Waals surface area contributed by atoms with Crippen molar-refractivity contribution in [3.8, 4) is 5.75 Å². The van der Waals surface area contributed by atoms with Gasteiger partial charge in [-0.3, -0.25) is 0 Å². The minimum atomic E-state index is 0.569. The van der Waals surface area contributed by atoms with Crippen molar-refractivity contribution in [1.82, 2.24) is 0 Å². The summed E-state index contributed by atoms with van der Waals surface area (Å²) in [6.45, 7) is 5.86. The van der Waals surface area contributed by atoms with Gasteiger partial charge in [0.25, 0.3) is 0 Å². The van der Waals surface area contributed by atoms with Gasteiger partial charge in [0.05, 0.1) is 26.4 Å². The van der Waals surface area contributed by atoms with Crippen LogP contribution in [-0.4, -0.2) is 26.4 Å². The zero-order valence-electron chi connectivity index (χ0n) is 9.02. The lowest BCUT2D eigenvalue weighted by Crippen LogP contribution is -2.10. The van der Waals surface area contributed by atoms with E-state index in [0.29, 0.717) is 26.4 Å². The molecule has 0 bridgehead atoms. The SMILES string of the molecule is C[CH]OCCOCCOc1ccccc1. The highest BCUT2D eigenvalue weighted by atomic mass is 16.5. The lowest BCUT2D eigenvalue weighted by Gasteiger charge is -2.06. The second-order valence-corrected chi connectivity index (χ2v) is 2.88. The van der Waals surface area contributed by atoms with Gasteiger partial charge in [-0.1, -0.05) is 18.2 Å². The van der Waals surface area contributed by atoms with Gasteiger partial charge in [-0.25, -0.2) is 0 Å². The molecule has 0 saturated carbocycles. The number of rotatable bonds is 8. The van der Waals surface area contributed by atoms with Crippen LogP contribution < -0.4 is 4.74 Å². The van der Waals surface area contributed by atoms with E-state index in [1.54, 1.807) is 6.61 Å². The van der Waals surface area contributed by atoms with Gasteiger partial charge in [-0.05, 0) is 19.1 Å². The Labute approximate surface area is 91.0 Å². The first-order chi connectivity index (χ1) is 7.43. The molecule has 1 rings (SSSR count). The standard InChI is InChI=1S/C12H17O3/c1-2-13-8-9-14-10-11-15-12-6-4-3-5-7-12/h2-7H,8-11H2,1H3. The summed E-state index contributed by atoms with van der Waals surface area (Å²) in [7, 11) is 0. The van der Waals surface area contributed by atoms with Gasteiger partial charge in [-0.15, -0.1) is 0 Å². The molecule has 0 aliphatic carbocycles. The van der Waals surface area contributed by atoms with Crippen molar-refractivity contribution in [2.24, 2.45) is 0 Å². The molecule has 0 spiro atoms. The maximum atomic E-state index is 5.44.